The molecule has 0 fully saturated rings. The first kappa shape index (κ1) is 18.7. The molecule has 134 valence electrons. The molecule has 26 heavy (non-hydrogen) atoms. The zero-order valence-electron chi connectivity index (χ0n) is 14.1. The Morgan fingerprint density at radius 1 is 1.31 bits per heavy atom. The second-order valence-electron chi connectivity index (χ2n) is 5.44. The summed E-state index contributed by atoms with van der Waals surface area (Å²) >= 11 is 8.56. The van der Waals surface area contributed by atoms with Gasteiger partial charge in [-0.1, -0.05) is 11.6 Å². The van der Waals surface area contributed by atoms with Crippen molar-refractivity contribution >= 4 is 46.7 Å². The summed E-state index contributed by atoms with van der Waals surface area (Å²) in [7, 11) is 0. The Balaban J connectivity index is 1.96. The zero-order valence-corrected chi connectivity index (χ0v) is 16.5. The second kappa shape index (κ2) is 8.07. The van der Waals surface area contributed by atoms with Crippen molar-refractivity contribution < 1.29 is 9.90 Å². The molecule has 0 aliphatic heterocycles. The summed E-state index contributed by atoms with van der Waals surface area (Å²) < 4.78 is 1.89. The van der Waals surface area contributed by atoms with E-state index in [0.717, 1.165) is 27.8 Å². The number of carbonyl (C=O) groups is 1. The van der Waals surface area contributed by atoms with Gasteiger partial charge in [-0.2, -0.15) is 0 Å². The van der Waals surface area contributed by atoms with Gasteiger partial charge in [0.15, 0.2) is 11.0 Å². The number of thioether (sulfide) groups is 1. The lowest BCUT2D eigenvalue weighted by Crippen LogP contribution is -2.02. The number of carboxylic acid groups (broad SMARTS) is 1. The average molecular weight is 406 g/mol. The molecule has 0 spiro atoms. The predicted molar refractivity (Wildman–Crippen MR) is 107 cm³/mol. The first-order valence-corrected chi connectivity index (χ1v) is 9.93. The highest BCUT2D eigenvalue weighted by atomic mass is 35.5. The number of thiophene rings is 1. The molecule has 0 saturated carbocycles. The summed E-state index contributed by atoms with van der Waals surface area (Å²) in [5.41, 5.74) is 1.93. The van der Waals surface area contributed by atoms with E-state index < -0.39 is 5.97 Å². The Labute approximate surface area is 164 Å². The summed E-state index contributed by atoms with van der Waals surface area (Å²) in [6.45, 7) is 4.55. The molecule has 0 bridgehead atoms. The van der Waals surface area contributed by atoms with Gasteiger partial charge in [0, 0.05) is 22.0 Å². The maximum Gasteiger partial charge on any atom is 0.342 e. The van der Waals surface area contributed by atoms with E-state index >= 15 is 0 Å². The highest BCUT2D eigenvalue weighted by Crippen LogP contribution is 2.32. The van der Waals surface area contributed by atoms with Crippen molar-refractivity contribution in [1.29, 1.82) is 0 Å². The fourth-order valence-electron chi connectivity index (χ4n) is 2.35. The fraction of sp³-hybridized carbons (Fsp3) is 0.167. The van der Waals surface area contributed by atoms with Gasteiger partial charge in [-0.05, 0) is 73.0 Å². The Morgan fingerprint density at radius 3 is 2.62 bits per heavy atom. The molecule has 3 rings (SSSR count). The first-order valence-electron chi connectivity index (χ1n) is 7.85. The van der Waals surface area contributed by atoms with Gasteiger partial charge in [0.05, 0.1) is 0 Å². The summed E-state index contributed by atoms with van der Waals surface area (Å²) in [5, 5.41) is 21.2. The van der Waals surface area contributed by atoms with Crippen LogP contribution in [0, 0.1) is 6.92 Å². The van der Waals surface area contributed by atoms with Gasteiger partial charge in [0.1, 0.15) is 4.91 Å². The number of rotatable bonds is 6. The number of carboxylic acids is 1. The number of aliphatic carboxylic acids is 1. The smallest absolute Gasteiger partial charge is 0.342 e. The van der Waals surface area contributed by atoms with E-state index in [2.05, 4.69) is 10.2 Å². The van der Waals surface area contributed by atoms with Crippen molar-refractivity contribution in [3.05, 3.63) is 56.1 Å². The first-order chi connectivity index (χ1) is 12.5. The van der Waals surface area contributed by atoms with E-state index in [1.165, 1.54) is 11.3 Å². The minimum atomic E-state index is -0.985. The molecular weight excluding hydrogens is 390 g/mol. The van der Waals surface area contributed by atoms with Crippen molar-refractivity contribution in [2.75, 3.05) is 0 Å². The van der Waals surface area contributed by atoms with Crippen LogP contribution in [0.3, 0.4) is 0 Å². The summed E-state index contributed by atoms with van der Waals surface area (Å²) in [4.78, 5) is 12.8. The lowest BCUT2D eigenvalue weighted by atomic mass is 10.2. The normalized spacial score (nSPS) is 11.7. The largest absolute Gasteiger partial charge is 0.477 e. The van der Waals surface area contributed by atoms with E-state index in [-0.39, 0.29) is 4.91 Å². The molecule has 3 aromatic rings. The van der Waals surface area contributed by atoms with Crippen LogP contribution in [-0.2, 0) is 11.3 Å². The maximum atomic E-state index is 11.7. The SMILES string of the molecule is CCn1c(S/C(=C\c2sccc2C)C(=O)O)nnc1-c1ccc(Cl)cc1. The number of halogens is 1. The quantitative estimate of drug-likeness (QED) is 0.450. The monoisotopic (exact) mass is 405 g/mol. The molecular formula is C18H16ClN3O2S2. The number of nitrogens with zero attached hydrogens (tertiary/aromatic N) is 3. The minimum Gasteiger partial charge on any atom is -0.477 e. The van der Waals surface area contributed by atoms with Gasteiger partial charge >= 0.3 is 5.97 Å². The molecule has 0 amide bonds. The molecule has 0 radical (unpaired) electrons. The molecule has 0 saturated heterocycles. The van der Waals surface area contributed by atoms with E-state index in [0.29, 0.717) is 22.5 Å². The molecule has 2 heterocycles. The average Bonchev–Trinajstić information content (AvgIpc) is 3.21. The molecule has 0 aliphatic rings. The van der Waals surface area contributed by atoms with Gasteiger partial charge < -0.3 is 9.67 Å². The molecule has 0 atom stereocenters. The van der Waals surface area contributed by atoms with Crippen LogP contribution in [0.5, 0.6) is 0 Å². The number of benzene rings is 1. The van der Waals surface area contributed by atoms with Crippen LogP contribution in [0.25, 0.3) is 17.5 Å². The summed E-state index contributed by atoms with van der Waals surface area (Å²) in [6, 6.07) is 9.29. The van der Waals surface area contributed by atoms with Crippen molar-refractivity contribution in [3.63, 3.8) is 0 Å². The van der Waals surface area contributed by atoms with Crippen molar-refractivity contribution in [2.24, 2.45) is 0 Å². The summed E-state index contributed by atoms with van der Waals surface area (Å²) in [6.07, 6.45) is 1.68. The number of hydrogen-bond acceptors (Lipinski definition) is 5. The molecule has 1 aromatic carbocycles. The topological polar surface area (TPSA) is 68.0 Å². The third-order valence-electron chi connectivity index (χ3n) is 3.71. The number of aromatic nitrogens is 3. The Morgan fingerprint density at radius 2 is 2.04 bits per heavy atom. The van der Waals surface area contributed by atoms with Crippen LogP contribution in [-0.4, -0.2) is 25.8 Å². The van der Waals surface area contributed by atoms with Crippen LogP contribution >= 0.6 is 34.7 Å². The van der Waals surface area contributed by atoms with Gasteiger partial charge in [0.2, 0.25) is 0 Å². The zero-order chi connectivity index (χ0) is 18.7. The van der Waals surface area contributed by atoms with Gasteiger partial charge in [0.25, 0.3) is 0 Å². The van der Waals surface area contributed by atoms with E-state index in [9.17, 15) is 9.90 Å². The van der Waals surface area contributed by atoms with E-state index in [1.807, 2.05) is 42.0 Å². The highest BCUT2D eigenvalue weighted by molar-refractivity contribution is 8.04. The third-order valence-corrected chi connectivity index (χ3v) is 5.93. The molecule has 2 aromatic heterocycles. The van der Waals surface area contributed by atoms with Gasteiger partial charge in [-0.25, -0.2) is 4.79 Å². The highest BCUT2D eigenvalue weighted by Gasteiger charge is 2.18. The Hall–Kier alpha value is -2.09. The van der Waals surface area contributed by atoms with Crippen molar-refractivity contribution in [3.8, 4) is 11.4 Å². The van der Waals surface area contributed by atoms with E-state index in [4.69, 9.17) is 11.6 Å². The molecule has 8 heteroatoms. The molecule has 0 unspecified atom stereocenters. The Bertz CT molecular complexity index is 961. The van der Waals surface area contributed by atoms with Gasteiger partial charge in [-0.15, -0.1) is 21.5 Å². The van der Waals surface area contributed by atoms with E-state index in [1.54, 1.807) is 18.2 Å². The van der Waals surface area contributed by atoms with Crippen molar-refractivity contribution in [2.45, 2.75) is 25.5 Å². The van der Waals surface area contributed by atoms with Crippen LogP contribution in [0.2, 0.25) is 5.02 Å². The third kappa shape index (κ3) is 4.00. The minimum absolute atomic E-state index is 0.209. The van der Waals surface area contributed by atoms with Crippen molar-refractivity contribution in [1.82, 2.24) is 14.8 Å². The molecule has 5 nitrogen and oxygen atoms in total. The predicted octanol–water partition coefficient (Wildman–Crippen LogP) is 5.21. The fourth-order valence-corrected chi connectivity index (χ4v) is 4.27. The maximum absolute atomic E-state index is 11.7. The summed E-state index contributed by atoms with van der Waals surface area (Å²) in [5.74, 6) is -0.301. The van der Waals surface area contributed by atoms with Gasteiger partial charge in [-0.3, -0.25) is 0 Å². The molecule has 1 N–H and O–H groups in total. The lowest BCUT2D eigenvalue weighted by molar-refractivity contribution is -0.131. The standard InChI is InChI=1S/C18H16ClN3O2S2/c1-3-22-16(12-4-6-13(19)7-5-12)20-21-18(22)26-15(17(23)24)10-14-11(2)8-9-25-14/h4-10H,3H2,1-2H3,(H,23,24)/b15-10-. The lowest BCUT2D eigenvalue weighted by Gasteiger charge is -2.08. The van der Waals surface area contributed by atoms with Crippen LogP contribution in [0.15, 0.2) is 45.8 Å². The number of aryl methyl sites for hydroxylation is 1. The van der Waals surface area contributed by atoms with Crippen LogP contribution in [0.4, 0.5) is 0 Å². The Kier molecular flexibility index (Phi) is 5.80. The molecule has 0 aliphatic carbocycles. The van der Waals surface area contributed by atoms with Crippen LogP contribution < -0.4 is 0 Å². The van der Waals surface area contributed by atoms with Crippen LogP contribution in [0.1, 0.15) is 17.4 Å². The second-order valence-corrected chi connectivity index (χ2v) is 7.83. The number of hydrogen-bond donors (Lipinski definition) is 1.